The van der Waals surface area contributed by atoms with Gasteiger partial charge in [-0.25, -0.2) is 0 Å². The number of nitrogens with zero attached hydrogens (tertiary/aromatic N) is 1. The number of nitrogens with one attached hydrogen (secondary N) is 1. The Morgan fingerprint density at radius 3 is 2.64 bits per heavy atom. The monoisotopic (exact) mass is 312 g/mol. The first kappa shape index (κ1) is 16.4. The first-order chi connectivity index (χ1) is 10.3. The smallest absolute Gasteiger partial charge is 0.378 e. The summed E-state index contributed by atoms with van der Waals surface area (Å²) in [5.41, 5.74) is -0.580. The van der Waals surface area contributed by atoms with Crippen LogP contribution in [0.25, 0.3) is 0 Å². The molecule has 1 amide bonds. The largest absolute Gasteiger partial charge is 0.418 e. The fourth-order valence-corrected chi connectivity index (χ4v) is 2.46. The van der Waals surface area contributed by atoms with Crippen LogP contribution in [-0.2, 0) is 11.0 Å². The van der Waals surface area contributed by atoms with Crippen LogP contribution in [-0.4, -0.2) is 20.0 Å². The molecule has 1 aromatic carbocycles. The molecule has 6 heteroatoms. The lowest BCUT2D eigenvalue weighted by Crippen LogP contribution is -2.19. The van der Waals surface area contributed by atoms with Crippen LogP contribution in [0.2, 0.25) is 0 Å². The van der Waals surface area contributed by atoms with Crippen molar-refractivity contribution in [3.63, 3.8) is 0 Å². The third kappa shape index (κ3) is 4.02. The van der Waals surface area contributed by atoms with Gasteiger partial charge in [0.25, 0.3) is 0 Å². The van der Waals surface area contributed by atoms with Crippen molar-refractivity contribution in [1.82, 2.24) is 0 Å². The van der Waals surface area contributed by atoms with Crippen molar-refractivity contribution in [2.75, 3.05) is 24.3 Å². The summed E-state index contributed by atoms with van der Waals surface area (Å²) in [6, 6.07) is 3.91. The number of anilines is 2. The van der Waals surface area contributed by atoms with E-state index in [1.807, 2.05) is 12.2 Å². The predicted molar refractivity (Wildman–Crippen MR) is 80.9 cm³/mol. The van der Waals surface area contributed by atoms with Gasteiger partial charge in [0, 0.05) is 26.2 Å². The van der Waals surface area contributed by atoms with E-state index in [1.54, 1.807) is 25.1 Å². The first-order valence-electron chi connectivity index (χ1n) is 7.12. The van der Waals surface area contributed by atoms with E-state index < -0.39 is 11.7 Å². The number of carbonyl (C=O) groups is 1. The summed E-state index contributed by atoms with van der Waals surface area (Å²) < 4.78 is 39.5. The van der Waals surface area contributed by atoms with Crippen molar-refractivity contribution in [2.24, 2.45) is 5.92 Å². The van der Waals surface area contributed by atoms with Gasteiger partial charge in [0.05, 0.1) is 11.3 Å². The van der Waals surface area contributed by atoms with Crippen molar-refractivity contribution in [2.45, 2.75) is 25.4 Å². The predicted octanol–water partition coefficient (Wildman–Crippen LogP) is 4.07. The van der Waals surface area contributed by atoms with Gasteiger partial charge in [-0.1, -0.05) is 12.2 Å². The van der Waals surface area contributed by atoms with E-state index in [2.05, 4.69) is 5.32 Å². The highest BCUT2D eigenvalue weighted by molar-refractivity contribution is 5.92. The average molecular weight is 312 g/mol. The van der Waals surface area contributed by atoms with Crippen LogP contribution in [0.5, 0.6) is 0 Å². The van der Waals surface area contributed by atoms with Crippen molar-refractivity contribution in [3.05, 3.63) is 35.9 Å². The average Bonchev–Trinajstić information content (AvgIpc) is 2.90. The maximum Gasteiger partial charge on any atom is 0.418 e. The molecule has 0 aliphatic heterocycles. The number of hydrogen-bond donors (Lipinski definition) is 1. The SMILES string of the molecule is CN(C)c1ccc(NC(=O)CC2C=CCC2)c(C(F)(F)F)c1. The minimum atomic E-state index is -4.51. The third-order valence-corrected chi connectivity index (χ3v) is 3.66. The van der Waals surface area contributed by atoms with Crippen molar-refractivity contribution >= 4 is 17.3 Å². The molecule has 2 rings (SSSR count). The van der Waals surface area contributed by atoms with Gasteiger partial charge < -0.3 is 10.2 Å². The number of halogens is 3. The third-order valence-electron chi connectivity index (χ3n) is 3.66. The van der Waals surface area contributed by atoms with Gasteiger partial charge in [-0.2, -0.15) is 13.2 Å². The van der Waals surface area contributed by atoms with Crippen LogP contribution in [0.15, 0.2) is 30.4 Å². The standard InChI is InChI=1S/C16H19F3N2O/c1-21(2)12-7-8-14(13(10-12)16(17,18)19)20-15(22)9-11-5-3-4-6-11/h3,5,7-8,10-11H,4,6,9H2,1-2H3,(H,20,22). The van der Waals surface area contributed by atoms with Gasteiger partial charge in [-0.15, -0.1) is 0 Å². The highest BCUT2D eigenvalue weighted by Crippen LogP contribution is 2.37. The fourth-order valence-electron chi connectivity index (χ4n) is 2.46. The minimum absolute atomic E-state index is 0.121. The Labute approximate surface area is 127 Å². The maximum atomic E-state index is 13.2. The van der Waals surface area contributed by atoms with E-state index in [0.29, 0.717) is 5.69 Å². The second-order valence-electron chi connectivity index (χ2n) is 5.64. The Kier molecular flexibility index (Phi) is 4.78. The van der Waals surface area contributed by atoms with Crippen LogP contribution in [0.3, 0.4) is 0 Å². The number of amides is 1. The van der Waals surface area contributed by atoms with E-state index >= 15 is 0 Å². The molecule has 120 valence electrons. The molecule has 0 heterocycles. The topological polar surface area (TPSA) is 32.3 Å². The molecule has 1 aromatic rings. The summed E-state index contributed by atoms with van der Waals surface area (Å²) in [6.45, 7) is 0. The lowest BCUT2D eigenvalue weighted by Gasteiger charge is -2.19. The summed E-state index contributed by atoms with van der Waals surface area (Å²) >= 11 is 0. The molecule has 1 atom stereocenters. The van der Waals surface area contributed by atoms with Gasteiger partial charge in [0.2, 0.25) is 5.91 Å². The molecule has 1 N–H and O–H groups in total. The Morgan fingerprint density at radius 1 is 1.36 bits per heavy atom. The Morgan fingerprint density at radius 2 is 2.09 bits per heavy atom. The van der Waals surface area contributed by atoms with Crippen molar-refractivity contribution in [3.8, 4) is 0 Å². The summed E-state index contributed by atoms with van der Waals surface area (Å²) in [5.74, 6) is -0.268. The van der Waals surface area contributed by atoms with Crippen LogP contribution >= 0.6 is 0 Å². The second-order valence-corrected chi connectivity index (χ2v) is 5.64. The summed E-state index contributed by atoms with van der Waals surface area (Å²) in [7, 11) is 3.33. The molecule has 22 heavy (non-hydrogen) atoms. The molecule has 0 spiro atoms. The quantitative estimate of drug-likeness (QED) is 0.850. The van der Waals surface area contributed by atoms with Gasteiger partial charge in [0.15, 0.2) is 0 Å². The van der Waals surface area contributed by atoms with Gasteiger partial charge in [-0.3, -0.25) is 4.79 Å². The van der Waals surface area contributed by atoms with Gasteiger partial charge in [-0.05, 0) is 37.0 Å². The molecule has 3 nitrogen and oxygen atoms in total. The lowest BCUT2D eigenvalue weighted by molar-refractivity contribution is -0.136. The van der Waals surface area contributed by atoms with Crippen molar-refractivity contribution in [1.29, 1.82) is 0 Å². The Hall–Kier alpha value is -1.98. The summed E-state index contributed by atoms with van der Waals surface area (Å²) in [5, 5.41) is 2.40. The van der Waals surface area contributed by atoms with E-state index in [1.165, 1.54) is 6.07 Å². The maximum absolute atomic E-state index is 13.2. The normalized spacial score (nSPS) is 17.6. The van der Waals surface area contributed by atoms with E-state index in [4.69, 9.17) is 0 Å². The van der Waals surface area contributed by atoms with E-state index in [-0.39, 0.29) is 23.9 Å². The van der Waals surface area contributed by atoms with Crippen LogP contribution in [0, 0.1) is 5.92 Å². The van der Waals surface area contributed by atoms with Crippen LogP contribution in [0.1, 0.15) is 24.8 Å². The number of hydrogen-bond acceptors (Lipinski definition) is 2. The molecule has 0 radical (unpaired) electrons. The Balaban J connectivity index is 2.18. The highest BCUT2D eigenvalue weighted by Gasteiger charge is 2.34. The van der Waals surface area contributed by atoms with Crippen LogP contribution < -0.4 is 10.2 Å². The molecule has 1 aliphatic rings. The van der Waals surface area contributed by atoms with E-state index in [9.17, 15) is 18.0 Å². The number of alkyl halides is 3. The minimum Gasteiger partial charge on any atom is -0.378 e. The van der Waals surface area contributed by atoms with Crippen molar-refractivity contribution < 1.29 is 18.0 Å². The number of carbonyl (C=O) groups excluding carboxylic acids is 1. The molecule has 0 saturated heterocycles. The van der Waals surface area contributed by atoms with Gasteiger partial charge >= 0.3 is 6.18 Å². The zero-order chi connectivity index (χ0) is 16.3. The summed E-state index contributed by atoms with van der Waals surface area (Å²) in [6.07, 6.45) is 1.43. The Bertz CT molecular complexity index is 579. The number of rotatable bonds is 4. The molecular weight excluding hydrogens is 293 g/mol. The molecule has 1 aliphatic carbocycles. The van der Waals surface area contributed by atoms with Crippen LogP contribution in [0.4, 0.5) is 24.5 Å². The summed E-state index contributed by atoms with van der Waals surface area (Å²) in [4.78, 5) is 13.5. The fraction of sp³-hybridized carbons (Fsp3) is 0.438. The second kappa shape index (κ2) is 6.42. The molecular formula is C16H19F3N2O. The lowest BCUT2D eigenvalue weighted by atomic mass is 10.0. The molecule has 0 aromatic heterocycles. The number of allylic oxidation sites excluding steroid dienone is 2. The first-order valence-corrected chi connectivity index (χ1v) is 7.12. The van der Waals surface area contributed by atoms with E-state index in [0.717, 1.165) is 18.9 Å². The van der Waals surface area contributed by atoms with Gasteiger partial charge in [0.1, 0.15) is 0 Å². The zero-order valence-corrected chi connectivity index (χ0v) is 12.6. The molecule has 0 fully saturated rings. The highest BCUT2D eigenvalue weighted by atomic mass is 19.4. The molecule has 0 saturated carbocycles. The molecule has 0 bridgehead atoms. The zero-order valence-electron chi connectivity index (χ0n) is 12.6. The number of benzene rings is 1. The molecule has 1 unspecified atom stereocenters.